The Labute approximate surface area is 115 Å². The third kappa shape index (κ3) is 3.55. The molecule has 0 radical (unpaired) electrons. The summed E-state index contributed by atoms with van der Waals surface area (Å²) in [5, 5.41) is 0. The molecule has 2 rings (SSSR count). The molecule has 1 heterocycles. The Morgan fingerprint density at radius 2 is 2.05 bits per heavy atom. The molecule has 0 aliphatic carbocycles. The van der Waals surface area contributed by atoms with Crippen molar-refractivity contribution in [3.05, 3.63) is 59.4 Å². The predicted molar refractivity (Wildman–Crippen MR) is 80.3 cm³/mol. The molecule has 3 heteroatoms. The lowest BCUT2D eigenvalue weighted by molar-refractivity contribution is 0.905. The first-order valence-corrected chi connectivity index (χ1v) is 6.60. The highest BCUT2D eigenvalue weighted by Crippen LogP contribution is 2.21. The lowest BCUT2D eigenvalue weighted by Gasteiger charge is -2.22. The van der Waals surface area contributed by atoms with Crippen molar-refractivity contribution >= 4 is 5.69 Å². The first-order chi connectivity index (χ1) is 9.20. The van der Waals surface area contributed by atoms with Crippen LogP contribution in [0.2, 0.25) is 0 Å². The van der Waals surface area contributed by atoms with Crippen LogP contribution in [0.5, 0.6) is 0 Å². The first-order valence-electron chi connectivity index (χ1n) is 6.60. The minimum Gasteiger partial charge on any atom is -0.370 e. The summed E-state index contributed by atoms with van der Waals surface area (Å²) in [6.07, 6.45) is 4.65. The van der Waals surface area contributed by atoms with E-state index in [0.717, 1.165) is 13.0 Å². The van der Waals surface area contributed by atoms with Gasteiger partial charge in [-0.1, -0.05) is 18.2 Å². The molecule has 0 fully saturated rings. The Kier molecular flexibility index (Phi) is 4.53. The van der Waals surface area contributed by atoms with Crippen LogP contribution < -0.4 is 10.6 Å². The van der Waals surface area contributed by atoms with Crippen LogP contribution in [0, 0.1) is 6.92 Å². The van der Waals surface area contributed by atoms with E-state index >= 15 is 0 Å². The van der Waals surface area contributed by atoms with Gasteiger partial charge in [0.1, 0.15) is 0 Å². The van der Waals surface area contributed by atoms with Crippen LogP contribution in [0.3, 0.4) is 0 Å². The van der Waals surface area contributed by atoms with E-state index in [1.165, 1.54) is 22.4 Å². The molecule has 0 aliphatic rings. The summed E-state index contributed by atoms with van der Waals surface area (Å²) in [4.78, 5) is 6.40. The van der Waals surface area contributed by atoms with Crippen molar-refractivity contribution in [3.63, 3.8) is 0 Å². The van der Waals surface area contributed by atoms with Gasteiger partial charge < -0.3 is 10.6 Å². The first kappa shape index (κ1) is 13.6. The number of pyridine rings is 1. The topological polar surface area (TPSA) is 42.1 Å². The summed E-state index contributed by atoms with van der Waals surface area (Å²) in [6, 6.07) is 10.6. The van der Waals surface area contributed by atoms with Crippen molar-refractivity contribution in [3.8, 4) is 0 Å². The highest BCUT2D eigenvalue weighted by Gasteiger charge is 2.06. The Hall–Kier alpha value is -1.87. The van der Waals surface area contributed by atoms with E-state index in [1.54, 1.807) is 6.20 Å². The van der Waals surface area contributed by atoms with Crippen LogP contribution in [0.15, 0.2) is 42.7 Å². The van der Waals surface area contributed by atoms with Crippen LogP contribution in [0.1, 0.15) is 16.7 Å². The van der Waals surface area contributed by atoms with Crippen LogP contribution in [-0.4, -0.2) is 18.6 Å². The van der Waals surface area contributed by atoms with Gasteiger partial charge in [-0.2, -0.15) is 0 Å². The SMILES string of the molecule is Cc1cc(CCN)ccc1N(C)Cc1cccnc1. The van der Waals surface area contributed by atoms with E-state index in [1.807, 2.05) is 12.3 Å². The van der Waals surface area contributed by atoms with E-state index in [-0.39, 0.29) is 0 Å². The zero-order valence-corrected chi connectivity index (χ0v) is 11.6. The van der Waals surface area contributed by atoms with Gasteiger partial charge in [-0.3, -0.25) is 4.98 Å². The smallest absolute Gasteiger partial charge is 0.0441 e. The summed E-state index contributed by atoms with van der Waals surface area (Å²) in [7, 11) is 2.11. The molecule has 0 atom stereocenters. The number of aryl methyl sites for hydroxylation is 1. The quantitative estimate of drug-likeness (QED) is 0.892. The number of rotatable bonds is 5. The lowest BCUT2D eigenvalue weighted by Crippen LogP contribution is -2.17. The predicted octanol–water partition coefficient (Wildman–Crippen LogP) is 2.53. The monoisotopic (exact) mass is 255 g/mol. The standard InChI is InChI=1S/C16H21N3/c1-13-10-14(7-8-17)5-6-16(13)19(2)12-15-4-3-9-18-11-15/h3-6,9-11H,7-8,12,17H2,1-2H3. The Bertz CT molecular complexity index is 523. The maximum atomic E-state index is 5.59. The van der Waals surface area contributed by atoms with E-state index < -0.39 is 0 Å². The Morgan fingerprint density at radius 1 is 1.21 bits per heavy atom. The molecule has 2 aromatic rings. The largest absolute Gasteiger partial charge is 0.370 e. The number of nitrogens with zero attached hydrogens (tertiary/aromatic N) is 2. The van der Waals surface area contributed by atoms with Crippen LogP contribution in [0.25, 0.3) is 0 Å². The summed E-state index contributed by atoms with van der Waals surface area (Å²) < 4.78 is 0. The van der Waals surface area contributed by atoms with E-state index in [0.29, 0.717) is 6.54 Å². The molecule has 1 aromatic heterocycles. The van der Waals surface area contributed by atoms with E-state index in [2.05, 4.69) is 48.1 Å². The molecule has 2 N–H and O–H groups in total. The highest BCUT2D eigenvalue weighted by molar-refractivity contribution is 5.54. The summed E-state index contributed by atoms with van der Waals surface area (Å²) >= 11 is 0. The van der Waals surface area contributed by atoms with Crippen molar-refractivity contribution in [2.24, 2.45) is 5.73 Å². The summed E-state index contributed by atoms with van der Waals surface area (Å²) in [6.45, 7) is 3.71. The molecular formula is C16H21N3. The maximum absolute atomic E-state index is 5.59. The molecule has 1 aromatic carbocycles. The van der Waals surface area contributed by atoms with Crippen LogP contribution >= 0.6 is 0 Å². The third-order valence-electron chi connectivity index (χ3n) is 3.25. The summed E-state index contributed by atoms with van der Waals surface area (Å²) in [5.74, 6) is 0. The highest BCUT2D eigenvalue weighted by atomic mass is 15.1. The van der Waals surface area contributed by atoms with Gasteiger partial charge in [-0.15, -0.1) is 0 Å². The van der Waals surface area contributed by atoms with Gasteiger partial charge in [0.15, 0.2) is 0 Å². The molecule has 0 spiro atoms. The van der Waals surface area contributed by atoms with Crippen molar-refractivity contribution in [1.29, 1.82) is 0 Å². The minimum absolute atomic E-state index is 0.699. The number of anilines is 1. The van der Waals surface area contributed by atoms with Gasteiger partial charge in [0.05, 0.1) is 0 Å². The van der Waals surface area contributed by atoms with Gasteiger partial charge in [0, 0.05) is 31.7 Å². The average molecular weight is 255 g/mol. The number of hydrogen-bond acceptors (Lipinski definition) is 3. The van der Waals surface area contributed by atoms with Gasteiger partial charge in [0.25, 0.3) is 0 Å². The zero-order chi connectivity index (χ0) is 13.7. The van der Waals surface area contributed by atoms with Gasteiger partial charge >= 0.3 is 0 Å². The number of hydrogen-bond donors (Lipinski definition) is 1. The van der Waals surface area contributed by atoms with Crippen molar-refractivity contribution < 1.29 is 0 Å². The van der Waals surface area contributed by atoms with E-state index in [9.17, 15) is 0 Å². The molecule has 0 amide bonds. The second-order valence-corrected chi connectivity index (χ2v) is 4.88. The number of benzene rings is 1. The van der Waals surface area contributed by atoms with Crippen molar-refractivity contribution in [2.45, 2.75) is 19.9 Å². The van der Waals surface area contributed by atoms with Gasteiger partial charge in [-0.25, -0.2) is 0 Å². The second-order valence-electron chi connectivity index (χ2n) is 4.88. The third-order valence-corrected chi connectivity index (χ3v) is 3.25. The van der Waals surface area contributed by atoms with Gasteiger partial charge in [-0.05, 0) is 48.7 Å². The Morgan fingerprint density at radius 3 is 2.68 bits per heavy atom. The number of aromatic nitrogens is 1. The van der Waals surface area contributed by atoms with E-state index in [4.69, 9.17) is 5.73 Å². The molecular weight excluding hydrogens is 234 g/mol. The van der Waals surface area contributed by atoms with Crippen molar-refractivity contribution in [2.75, 3.05) is 18.5 Å². The van der Waals surface area contributed by atoms with Crippen molar-refractivity contribution in [1.82, 2.24) is 4.98 Å². The average Bonchev–Trinajstić information content (AvgIpc) is 2.40. The minimum atomic E-state index is 0.699. The van der Waals surface area contributed by atoms with Gasteiger partial charge in [0.2, 0.25) is 0 Å². The fourth-order valence-corrected chi connectivity index (χ4v) is 2.32. The lowest BCUT2D eigenvalue weighted by atomic mass is 10.1. The molecule has 0 bridgehead atoms. The van der Waals surface area contributed by atoms with Crippen LogP contribution in [-0.2, 0) is 13.0 Å². The Balaban J connectivity index is 2.13. The molecule has 0 saturated carbocycles. The maximum Gasteiger partial charge on any atom is 0.0441 e. The molecule has 100 valence electrons. The van der Waals surface area contributed by atoms with Crippen LogP contribution in [0.4, 0.5) is 5.69 Å². The number of nitrogens with two attached hydrogens (primary N) is 1. The zero-order valence-electron chi connectivity index (χ0n) is 11.6. The normalized spacial score (nSPS) is 10.5. The molecule has 0 saturated heterocycles. The summed E-state index contributed by atoms with van der Waals surface area (Å²) in [5.41, 5.74) is 10.7. The molecule has 0 unspecified atom stereocenters. The molecule has 19 heavy (non-hydrogen) atoms. The fraction of sp³-hybridized carbons (Fsp3) is 0.312. The second kappa shape index (κ2) is 6.34. The fourth-order valence-electron chi connectivity index (χ4n) is 2.32. The molecule has 0 aliphatic heterocycles. The molecule has 3 nitrogen and oxygen atoms in total.